The van der Waals surface area contributed by atoms with Crippen LogP contribution >= 0.6 is 22.6 Å². The number of hydrogen-bond donors (Lipinski definition) is 0. The zero-order valence-electron chi connectivity index (χ0n) is 10.4. The highest BCUT2D eigenvalue weighted by atomic mass is 127. The summed E-state index contributed by atoms with van der Waals surface area (Å²) in [6.07, 6.45) is 0.204. The fourth-order valence-corrected chi connectivity index (χ4v) is 1.99. The number of rotatable bonds is 5. The van der Waals surface area contributed by atoms with Crippen LogP contribution in [0.4, 0.5) is 0 Å². The van der Waals surface area contributed by atoms with Crippen LogP contribution in [0.3, 0.4) is 0 Å². The first-order valence-corrected chi connectivity index (χ1v) is 6.72. The summed E-state index contributed by atoms with van der Waals surface area (Å²) in [5.74, 6) is 0.0438. The Labute approximate surface area is 116 Å². The molecular weight excluding hydrogens is 329 g/mol. The maximum absolute atomic E-state index is 12.1. The topological polar surface area (TPSA) is 29.5 Å². The zero-order chi connectivity index (χ0) is 12.8. The van der Waals surface area contributed by atoms with Crippen LogP contribution in [0.2, 0.25) is 0 Å². The van der Waals surface area contributed by atoms with Crippen molar-refractivity contribution < 1.29 is 9.53 Å². The lowest BCUT2D eigenvalue weighted by Crippen LogP contribution is -2.31. The van der Waals surface area contributed by atoms with Crippen LogP contribution in [-0.4, -0.2) is 37.1 Å². The average Bonchev–Trinajstić information content (AvgIpc) is 2.28. The highest BCUT2D eigenvalue weighted by Crippen LogP contribution is 2.13. The summed E-state index contributed by atoms with van der Waals surface area (Å²) in [5.41, 5.74) is 0.750. The van der Waals surface area contributed by atoms with Gasteiger partial charge in [-0.2, -0.15) is 0 Å². The summed E-state index contributed by atoms with van der Waals surface area (Å²) in [7, 11) is 1.80. The number of halogens is 1. The molecule has 0 saturated carbocycles. The van der Waals surface area contributed by atoms with E-state index < -0.39 is 0 Å². The Morgan fingerprint density at radius 1 is 1.41 bits per heavy atom. The summed E-state index contributed by atoms with van der Waals surface area (Å²) in [5, 5.41) is 0. The van der Waals surface area contributed by atoms with Crippen LogP contribution in [0.15, 0.2) is 24.3 Å². The highest BCUT2D eigenvalue weighted by molar-refractivity contribution is 14.1. The number of ether oxygens (including phenoxy) is 1. The monoisotopic (exact) mass is 347 g/mol. The predicted molar refractivity (Wildman–Crippen MR) is 77.2 cm³/mol. The average molecular weight is 347 g/mol. The molecule has 94 valence electrons. The summed E-state index contributed by atoms with van der Waals surface area (Å²) >= 11 is 2.18. The minimum atomic E-state index is 0.0438. The van der Waals surface area contributed by atoms with Gasteiger partial charge in [0.15, 0.2) is 0 Å². The van der Waals surface area contributed by atoms with Gasteiger partial charge in [0.25, 0.3) is 5.91 Å². The molecule has 0 fully saturated rings. The van der Waals surface area contributed by atoms with E-state index in [1.54, 1.807) is 11.9 Å². The van der Waals surface area contributed by atoms with Crippen molar-refractivity contribution >= 4 is 28.5 Å². The third-order valence-corrected chi connectivity index (χ3v) is 3.27. The molecule has 0 aliphatic heterocycles. The molecule has 0 bridgehead atoms. The number of carbonyl (C=O) groups is 1. The van der Waals surface area contributed by atoms with Gasteiger partial charge in [-0.3, -0.25) is 4.79 Å². The van der Waals surface area contributed by atoms with E-state index in [4.69, 9.17) is 4.74 Å². The molecule has 1 amide bonds. The number of amides is 1. The van der Waals surface area contributed by atoms with E-state index in [0.29, 0.717) is 13.2 Å². The largest absolute Gasteiger partial charge is 0.377 e. The molecule has 3 nitrogen and oxygen atoms in total. The standard InChI is InChI=1S/C13H18INO2/c1-10(2)17-9-8-15(3)13(16)11-6-4-5-7-12(11)14/h4-7,10H,8-9H2,1-3H3. The molecule has 0 atom stereocenters. The van der Waals surface area contributed by atoms with Gasteiger partial charge in [0.05, 0.1) is 18.3 Å². The van der Waals surface area contributed by atoms with Crippen LogP contribution in [-0.2, 0) is 4.74 Å². The van der Waals surface area contributed by atoms with E-state index in [1.165, 1.54) is 0 Å². The molecule has 0 aromatic heterocycles. The van der Waals surface area contributed by atoms with Crippen molar-refractivity contribution in [1.29, 1.82) is 0 Å². The van der Waals surface area contributed by atoms with E-state index in [2.05, 4.69) is 22.6 Å². The molecule has 0 spiro atoms. The quantitative estimate of drug-likeness (QED) is 0.767. The lowest BCUT2D eigenvalue weighted by atomic mass is 10.2. The SMILES string of the molecule is CC(C)OCCN(C)C(=O)c1ccccc1I. The van der Waals surface area contributed by atoms with E-state index in [-0.39, 0.29) is 12.0 Å². The van der Waals surface area contributed by atoms with Gasteiger partial charge in [0, 0.05) is 17.2 Å². The van der Waals surface area contributed by atoms with Crippen molar-refractivity contribution in [2.45, 2.75) is 20.0 Å². The third kappa shape index (κ3) is 4.63. The molecular formula is C13H18INO2. The Bertz CT molecular complexity index is 379. The Balaban J connectivity index is 2.55. The molecule has 4 heteroatoms. The maximum Gasteiger partial charge on any atom is 0.254 e. The van der Waals surface area contributed by atoms with Crippen molar-refractivity contribution in [1.82, 2.24) is 4.90 Å². The number of carbonyl (C=O) groups excluding carboxylic acids is 1. The molecule has 0 aliphatic carbocycles. The maximum atomic E-state index is 12.1. The van der Waals surface area contributed by atoms with Crippen LogP contribution in [0.5, 0.6) is 0 Å². The molecule has 0 unspecified atom stereocenters. The first-order valence-electron chi connectivity index (χ1n) is 5.64. The van der Waals surface area contributed by atoms with Crippen LogP contribution in [0, 0.1) is 3.57 Å². The number of benzene rings is 1. The Kier molecular flexibility index (Phi) is 5.91. The van der Waals surface area contributed by atoms with Gasteiger partial charge in [-0.05, 0) is 48.6 Å². The van der Waals surface area contributed by atoms with Crippen LogP contribution < -0.4 is 0 Å². The molecule has 0 saturated heterocycles. The lowest BCUT2D eigenvalue weighted by molar-refractivity contribution is 0.0531. The van der Waals surface area contributed by atoms with Crippen molar-refractivity contribution in [3.8, 4) is 0 Å². The molecule has 0 radical (unpaired) electrons. The zero-order valence-corrected chi connectivity index (χ0v) is 12.6. The van der Waals surface area contributed by atoms with Gasteiger partial charge in [0.1, 0.15) is 0 Å². The predicted octanol–water partition coefficient (Wildman–Crippen LogP) is 2.79. The van der Waals surface area contributed by atoms with E-state index in [1.807, 2.05) is 38.1 Å². The summed E-state index contributed by atoms with van der Waals surface area (Å²) < 4.78 is 6.41. The summed E-state index contributed by atoms with van der Waals surface area (Å²) in [4.78, 5) is 13.8. The fourth-order valence-electron chi connectivity index (χ4n) is 1.37. The highest BCUT2D eigenvalue weighted by Gasteiger charge is 2.13. The van der Waals surface area contributed by atoms with Crippen molar-refractivity contribution in [2.24, 2.45) is 0 Å². The number of nitrogens with zero attached hydrogens (tertiary/aromatic N) is 1. The van der Waals surface area contributed by atoms with Gasteiger partial charge in [-0.25, -0.2) is 0 Å². The minimum absolute atomic E-state index is 0.0438. The minimum Gasteiger partial charge on any atom is -0.377 e. The van der Waals surface area contributed by atoms with Gasteiger partial charge < -0.3 is 9.64 Å². The van der Waals surface area contributed by atoms with E-state index in [0.717, 1.165) is 9.13 Å². The molecule has 0 heterocycles. The first kappa shape index (κ1) is 14.4. The second-order valence-corrected chi connectivity index (χ2v) is 5.29. The van der Waals surface area contributed by atoms with Crippen molar-refractivity contribution in [3.63, 3.8) is 0 Å². The molecule has 1 aromatic carbocycles. The molecule has 0 aliphatic rings. The lowest BCUT2D eigenvalue weighted by Gasteiger charge is -2.18. The Morgan fingerprint density at radius 2 is 2.06 bits per heavy atom. The molecule has 17 heavy (non-hydrogen) atoms. The van der Waals surface area contributed by atoms with Crippen molar-refractivity contribution in [3.05, 3.63) is 33.4 Å². The number of likely N-dealkylation sites (N-methyl/N-ethyl adjacent to an activating group) is 1. The smallest absolute Gasteiger partial charge is 0.254 e. The first-order chi connectivity index (χ1) is 8.02. The second-order valence-electron chi connectivity index (χ2n) is 4.13. The van der Waals surface area contributed by atoms with Gasteiger partial charge >= 0.3 is 0 Å². The van der Waals surface area contributed by atoms with Gasteiger partial charge in [-0.1, -0.05) is 12.1 Å². The summed E-state index contributed by atoms with van der Waals surface area (Å²) in [6.45, 7) is 5.16. The normalized spacial score (nSPS) is 10.6. The van der Waals surface area contributed by atoms with Crippen LogP contribution in [0.25, 0.3) is 0 Å². The Morgan fingerprint density at radius 3 is 2.65 bits per heavy atom. The molecule has 1 aromatic rings. The fraction of sp³-hybridized carbons (Fsp3) is 0.462. The van der Waals surface area contributed by atoms with E-state index in [9.17, 15) is 4.79 Å². The second kappa shape index (κ2) is 6.96. The third-order valence-electron chi connectivity index (χ3n) is 2.33. The van der Waals surface area contributed by atoms with Crippen LogP contribution in [0.1, 0.15) is 24.2 Å². The van der Waals surface area contributed by atoms with Gasteiger partial charge in [-0.15, -0.1) is 0 Å². The van der Waals surface area contributed by atoms with Gasteiger partial charge in [0.2, 0.25) is 0 Å². The summed E-state index contributed by atoms with van der Waals surface area (Å²) in [6, 6.07) is 7.60. The van der Waals surface area contributed by atoms with E-state index >= 15 is 0 Å². The molecule has 1 rings (SSSR count). The number of hydrogen-bond acceptors (Lipinski definition) is 2. The van der Waals surface area contributed by atoms with Crippen molar-refractivity contribution in [2.75, 3.05) is 20.2 Å². The Hall–Kier alpha value is -0.620. The molecule has 0 N–H and O–H groups in total.